The summed E-state index contributed by atoms with van der Waals surface area (Å²) in [6.07, 6.45) is 1.74. The van der Waals surface area contributed by atoms with Gasteiger partial charge in [0.2, 0.25) is 0 Å². The third kappa shape index (κ3) is 6.34. The highest BCUT2D eigenvalue weighted by atomic mass is 32.2. The molecule has 4 heteroatoms. The summed E-state index contributed by atoms with van der Waals surface area (Å²) in [5.74, 6) is 1.57. The Bertz CT molecular complexity index is 130. The van der Waals surface area contributed by atoms with E-state index in [0.717, 1.165) is 5.75 Å². The molecule has 0 rings (SSSR count). The summed E-state index contributed by atoms with van der Waals surface area (Å²) >= 11 is 1.78. The Balaban J connectivity index is 3.33. The molecule has 72 valence electrons. The molecule has 0 spiro atoms. The van der Waals surface area contributed by atoms with Gasteiger partial charge in [-0.2, -0.15) is 11.8 Å². The molecule has 0 saturated heterocycles. The van der Waals surface area contributed by atoms with E-state index in [1.165, 1.54) is 0 Å². The van der Waals surface area contributed by atoms with Crippen molar-refractivity contribution in [3.05, 3.63) is 0 Å². The summed E-state index contributed by atoms with van der Waals surface area (Å²) in [5.41, 5.74) is 0. The van der Waals surface area contributed by atoms with Crippen molar-refractivity contribution in [2.75, 3.05) is 25.2 Å². The molecule has 0 aromatic heterocycles. The lowest BCUT2D eigenvalue weighted by Crippen LogP contribution is -2.29. The molecule has 0 aliphatic carbocycles. The van der Waals surface area contributed by atoms with Crippen LogP contribution in [0, 0.1) is 5.92 Å². The summed E-state index contributed by atoms with van der Waals surface area (Å²) in [6.45, 7) is 5.02. The minimum absolute atomic E-state index is 0.314. The predicted molar refractivity (Wildman–Crippen MR) is 52.6 cm³/mol. The zero-order chi connectivity index (χ0) is 9.40. The lowest BCUT2D eigenvalue weighted by atomic mass is 10.2. The van der Waals surface area contributed by atoms with E-state index >= 15 is 0 Å². The second-order valence-electron chi connectivity index (χ2n) is 2.66. The molecule has 0 aliphatic heterocycles. The van der Waals surface area contributed by atoms with Crippen molar-refractivity contribution in [2.24, 2.45) is 5.92 Å². The van der Waals surface area contributed by atoms with Crippen molar-refractivity contribution in [1.82, 2.24) is 5.32 Å². The number of rotatable bonds is 5. The number of carbonyl (C=O) groups is 1. The van der Waals surface area contributed by atoms with Gasteiger partial charge in [0.15, 0.2) is 0 Å². The largest absolute Gasteiger partial charge is 0.450 e. The highest BCUT2D eigenvalue weighted by Crippen LogP contribution is 2.02. The molecule has 3 nitrogen and oxygen atoms in total. The number of hydrogen-bond donors (Lipinski definition) is 1. The lowest BCUT2D eigenvalue weighted by Gasteiger charge is -2.10. The van der Waals surface area contributed by atoms with Gasteiger partial charge in [-0.05, 0) is 24.9 Å². The number of ether oxygens (including phenoxy) is 1. The van der Waals surface area contributed by atoms with Crippen molar-refractivity contribution in [3.8, 4) is 0 Å². The molecule has 1 unspecified atom stereocenters. The molecule has 0 radical (unpaired) electrons. The number of hydrogen-bond acceptors (Lipinski definition) is 3. The summed E-state index contributed by atoms with van der Waals surface area (Å²) < 4.78 is 4.71. The molecule has 0 aromatic carbocycles. The maximum absolute atomic E-state index is 10.8. The van der Waals surface area contributed by atoms with Gasteiger partial charge in [-0.1, -0.05) is 6.92 Å². The fourth-order valence-corrected chi connectivity index (χ4v) is 1.47. The van der Waals surface area contributed by atoms with Gasteiger partial charge in [0.05, 0.1) is 6.61 Å². The van der Waals surface area contributed by atoms with Gasteiger partial charge in [0, 0.05) is 6.54 Å². The highest BCUT2D eigenvalue weighted by molar-refractivity contribution is 7.98. The highest BCUT2D eigenvalue weighted by Gasteiger charge is 2.04. The Labute approximate surface area is 78.2 Å². The van der Waals surface area contributed by atoms with Crippen molar-refractivity contribution >= 4 is 17.9 Å². The van der Waals surface area contributed by atoms with Crippen LogP contribution in [-0.4, -0.2) is 31.3 Å². The van der Waals surface area contributed by atoms with Gasteiger partial charge in [-0.15, -0.1) is 0 Å². The monoisotopic (exact) mass is 191 g/mol. The van der Waals surface area contributed by atoms with E-state index in [1.54, 1.807) is 18.7 Å². The summed E-state index contributed by atoms with van der Waals surface area (Å²) in [5, 5.41) is 2.69. The van der Waals surface area contributed by atoms with Crippen LogP contribution in [0.25, 0.3) is 0 Å². The van der Waals surface area contributed by atoms with Gasteiger partial charge in [0.1, 0.15) is 0 Å². The van der Waals surface area contributed by atoms with Crippen LogP contribution in [0.4, 0.5) is 4.79 Å². The van der Waals surface area contributed by atoms with Gasteiger partial charge in [-0.3, -0.25) is 0 Å². The SMILES string of the molecule is CCOC(=O)NCC(C)CSC. The molecule has 0 aromatic rings. The van der Waals surface area contributed by atoms with E-state index < -0.39 is 0 Å². The van der Waals surface area contributed by atoms with Gasteiger partial charge < -0.3 is 10.1 Å². The molecule has 0 fully saturated rings. The van der Waals surface area contributed by atoms with Crippen LogP contribution >= 0.6 is 11.8 Å². The number of thioether (sulfide) groups is 1. The summed E-state index contributed by atoms with van der Waals surface area (Å²) in [4.78, 5) is 10.8. The quantitative estimate of drug-likeness (QED) is 0.719. The van der Waals surface area contributed by atoms with Crippen LogP contribution in [0.2, 0.25) is 0 Å². The number of nitrogens with one attached hydrogen (secondary N) is 1. The van der Waals surface area contributed by atoms with Crippen LogP contribution in [0.1, 0.15) is 13.8 Å². The Morgan fingerprint density at radius 1 is 1.67 bits per heavy atom. The minimum Gasteiger partial charge on any atom is -0.450 e. The van der Waals surface area contributed by atoms with Crippen molar-refractivity contribution < 1.29 is 9.53 Å². The van der Waals surface area contributed by atoms with E-state index in [2.05, 4.69) is 18.5 Å². The second kappa shape index (κ2) is 7.28. The van der Waals surface area contributed by atoms with E-state index in [0.29, 0.717) is 19.1 Å². The fraction of sp³-hybridized carbons (Fsp3) is 0.875. The third-order valence-corrected chi connectivity index (χ3v) is 2.22. The van der Waals surface area contributed by atoms with E-state index in [-0.39, 0.29) is 6.09 Å². The number of amides is 1. The molecule has 1 amide bonds. The van der Waals surface area contributed by atoms with Crippen molar-refractivity contribution in [1.29, 1.82) is 0 Å². The average molecular weight is 191 g/mol. The molecule has 12 heavy (non-hydrogen) atoms. The predicted octanol–water partition coefficient (Wildman–Crippen LogP) is 1.73. The first kappa shape index (κ1) is 11.6. The van der Waals surface area contributed by atoms with E-state index in [1.807, 2.05) is 0 Å². The molecule has 0 heterocycles. The Kier molecular flexibility index (Phi) is 7.05. The third-order valence-electron chi connectivity index (χ3n) is 1.32. The normalized spacial score (nSPS) is 12.2. The summed E-state index contributed by atoms with van der Waals surface area (Å²) in [7, 11) is 0. The number of carbonyl (C=O) groups excluding carboxylic acids is 1. The summed E-state index contributed by atoms with van der Waals surface area (Å²) in [6, 6.07) is 0. The fourth-order valence-electron chi connectivity index (χ4n) is 0.783. The number of alkyl carbamates (subject to hydrolysis) is 1. The molecule has 0 bridgehead atoms. The topological polar surface area (TPSA) is 38.3 Å². The van der Waals surface area contributed by atoms with Crippen molar-refractivity contribution in [2.45, 2.75) is 13.8 Å². The van der Waals surface area contributed by atoms with Crippen LogP contribution in [-0.2, 0) is 4.74 Å². The average Bonchev–Trinajstić information content (AvgIpc) is 2.02. The van der Waals surface area contributed by atoms with Gasteiger partial charge in [0.25, 0.3) is 0 Å². The first-order chi connectivity index (χ1) is 5.70. The second-order valence-corrected chi connectivity index (χ2v) is 3.57. The Hall–Kier alpha value is -0.380. The zero-order valence-corrected chi connectivity index (χ0v) is 8.74. The van der Waals surface area contributed by atoms with Crippen molar-refractivity contribution in [3.63, 3.8) is 0 Å². The standard InChI is InChI=1S/C8H17NO2S/c1-4-11-8(10)9-5-7(2)6-12-3/h7H,4-6H2,1-3H3,(H,9,10). The first-order valence-corrected chi connectivity index (χ1v) is 5.49. The molecular weight excluding hydrogens is 174 g/mol. The zero-order valence-electron chi connectivity index (χ0n) is 7.92. The van der Waals surface area contributed by atoms with Crippen LogP contribution in [0.5, 0.6) is 0 Å². The minimum atomic E-state index is -0.314. The van der Waals surface area contributed by atoms with Crippen LogP contribution in [0.3, 0.4) is 0 Å². The molecule has 1 N–H and O–H groups in total. The van der Waals surface area contributed by atoms with Gasteiger partial charge >= 0.3 is 6.09 Å². The molecule has 0 saturated carbocycles. The Morgan fingerprint density at radius 3 is 2.83 bits per heavy atom. The molecule has 1 atom stereocenters. The van der Waals surface area contributed by atoms with Crippen LogP contribution in [0.15, 0.2) is 0 Å². The molecule has 0 aliphatic rings. The van der Waals surface area contributed by atoms with Gasteiger partial charge in [-0.25, -0.2) is 4.79 Å². The smallest absolute Gasteiger partial charge is 0.407 e. The van der Waals surface area contributed by atoms with Crippen LogP contribution < -0.4 is 5.32 Å². The molecular formula is C8H17NO2S. The Morgan fingerprint density at radius 2 is 2.33 bits per heavy atom. The van der Waals surface area contributed by atoms with E-state index in [4.69, 9.17) is 4.74 Å². The maximum atomic E-state index is 10.8. The first-order valence-electron chi connectivity index (χ1n) is 4.10. The van der Waals surface area contributed by atoms with E-state index in [9.17, 15) is 4.79 Å². The maximum Gasteiger partial charge on any atom is 0.407 e. The lowest BCUT2D eigenvalue weighted by molar-refractivity contribution is 0.151.